The maximum Gasteiger partial charge on any atom is 0.253 e. The number of carbonyl (C=O) groups excluding carboxylic acids is 1. The minimum Gasteiger partial charge on any atom is -0.399 e. The standard InChI is InChI=1S/C17H25N3O/c1-3-5-6-12(4-2)10-20-17(21)15-11-19-16-9-13(18)7-8-14(15)16/h7-9,11-12,19H,3-6,10,18H2,1-2H3,(H,20,21). The highest BCUT2D eigenvalue weighted by Gasteiger charge is 2.13. The Morgan fingerprint density at radius 3 is 2.90 bits per heavy atom. The molecule has 114 valence electrons. The number of unbranched alkanes of at least 4 members (excludes halogenated alkanes) is 1. The number of anilines is 1. The van der Waals surface area contributed by atoms with E-state index in [1.54, 1.807) is 6.20 Å². The second kappa shape index (κ2) is 7.16. The van der Waals surface area contributed by atoms with Crippen LogP contribution in [0.2, 0.25) is 0 Å². The first-order valence-electron chi connectivity index (χ1n) is 7.80. The van der Waals surface area contributed by atoms with Crippen molar-refractivity contribution in [3.63, 3.8) is 0 Å². The van der Waals surface area contributed by atoms with E-state index >= 15 is 0 Å². The second-order valence-electron chi connectivity index (χ2n) is 5.63. The number of hydrogen-bond acceptors (Lipinski definition) is 2. The van der Waals surface area contributed by atoms with Gasteiger partial charge in [-0.15, -0.1) is 0 Å². The Hall–Kier alpha value is -1.97. The van der Waals surface area contributed by atoms with Gasteiger partial charge in [-0.2, -0.15) is 0 Å². The van der Waals surface area contributed by atoms with Crippen LogP contribution in [-0.2, 0) is 0 Å². The van der Waals surface area contributed by atoms with Crippen molar-refractivity contribution in [2.24, 2.45) is 5.92 Å². The van der Waals surface area contributed by atoms with Crippen LogP contribution in [0.4, 0.5) is 5.69 Å². The number of aromatic nitrogens is 1. The summed E-state index contributed by atoms with van der Waals surface area (Å²) < 4.78 is 0. The van der Waals surface area contributed by atoms with Gasteiger partial charge in [-0.3, -0.25) is 4.79 Å². The Morgan fingerprint density at radius 2 is 2.19 bits per heavy atom. The number of amides is 1. The fourth-order valence-electron chi connectivity index (χ4n) is 2.61. The van der Waals surface area contributed by atoms with Gasteiger partial charge in [0.1, 0.15) is 0 Å². The Morgan fingerprint density at radius 1 is 1.38 bits per heavy atom. The lowest BCUT2D eigenvalue weighted by atomic mass is 9.99. The molecule has 4 nitrogen and oxygen atoms in total. The molecule has 1 aromatic carbocycles. The molecule has 1 atom stereocenters. The van der Waals surface area contributed by atoms with E-state index in [1.807, 2.05) is 18.2 Å². The maximum absolute atomic E-state index is 12.3. The van der Waals surface area contributed by atoms with E-state index in [1.165, 1.54) is 19.3 Å². The Labute approximate surface area is 126 Å². The summed E-state index contributed by atoms with van der Waals surface area (Å²) >= 11 is 0. The van der Waals surface area contributed by atoms with E-state index in [9.17, 15) is 4.79 Å². The van der Waals surface area contributed by atoms with Crippen LogP contribution >= 0.6 is 0 Å². The number of nitrogen functional groups attached to an aromatic ring is 1. The van der Waals surface area contributed by atoms with Gasteiger partial charge >= 0.3 is 0 Å². The molecule has 2 rings (SSSR count). The van der Waals surface area contributed by atoms with Gasteiger partial charge < -0.3 is 16.0 Å². The first-order valence-corrected chi connectivity index (χ1v) is 7.80. The molecular weight excluding hydrogens is 262 g/mol. The highest BCUT2D eigenvalue weighted by molar-refractivity contribution is 6.07. The smallest absolute Gasteiger partial charge is 0.253 e. The van der Waals surface area contributed by atoms with Crippen molar-refractivity contribution in [3.8, 4) is 0 Å². The summed E-state index contributed by atoms with van der Waals surface area (Å²) in [5.74, 6) is 0.552. The Balaban J connectivity index is 2.02. The summed E-state index contributed by atoms with van der Waals surface area (Å²) in [6.07, 6.45) is 6.46. The van der Waals surface area contributed by atoms with E-state index < -0.39 is 0 Å². The molecule has 0 aliphatic carbocycles. The highest BCUT2D eigenvalue weighted by atomic mass is 16.1. The molecule has 0 aliphatic rings. The molecule has 4 N–H and O–H groups in total. The number of aromatic amines is 1. The van der Waals surface area contributed by atoms with Crippen molar-refractivity contribution < 1.29 is 4.79 Å². The molecule has 2 aromatic rings. The van der Waals surface area contributed by atoms with Gasteiger partial charge in [0.05, 0.1) is 5.56 Å². The minimum absolute atomic E-state index is 0.0130. The summed E-state index contributed by atoms with van der Waals surface area (Å²) in [4.78, 5) is 15.4. The van der Waals surface area contributed by atoms with Crippen LogP contribution in [0.1, 0.15) is 49.9 Å². The van der Waals surface area contributed by atoms with Gasteiger partial charge in [0, 0.05) is 29.3 Å². The zero-order valence-electron chi connectivity index (χ0n) is 12.9. The first-order chi connectivity index (χ1) is 10.2. The summed E-state index contributed by atoms with van der Waals surface area (Å²) in [5, 5.41) is 3.98. The lowest BCUT2D eigenvalue weighted by Crippen LogP contribution is -2.29. The number of rotatable bonds is 7. The first kappa shape index (κ1) is 15.4. The molecule has 0 saturated carbocycles. The lowest BCUT2D eigenvalue weighted by Gasteiger charge is -2.15. The fraction of sp³-hybridized carbons (Fsp3) is 0.471. The zero-order valence-corrected chi connectivity index (χ0v) is 12.9. The van der Waals surface area contributed by atoms with Crippen molar-refractivity contribution in [2.75, 3.05) is 12.3 Å². The molecule has 0 bridgehead atoms. The van der Waals surface area contributed by atoms with Crippen LogP contribution in [-0.4, -0.2) is 17.4 Å². The van der Waals surface area contributed by atoms with E-state index in [0.29, 0.717) is 17.2 Å². The molecule has 1 amide bonds. The molecule has 4 heteroatoms. The largest absolute Gasteiger partial charge is 0.399 e. The number of carbonyl (C=O) groups is 1. The maximum atomic E-state index is 12.3. The van der Waals surface area contributed by atoms with Gasteiger partial charge in [0.15, 0.2) is 0 Å². The summed E-state index contributed by atoms with van der Waals surface area (Å²) in [7, 11) is 0. The second-order valence-corrected chi connectivity index (χ2v) is 5.63. The third-order valence-corrected chi connectivity index (χ3v) is 4.05. The topological polar surface area (TPSA) is 70.9 Å². The Kier molecular flexibility index (Phi) is 5.26. The zero-order chi connectivity index (χ0) is 15.2. The van der Waals surface area contributed by atoms with Gasteiger partial charge in [0.25, 0.3) is 5.91 Å². The van der Waals surface area contributed by atoms with Crippen LogP contribution in [0.15, 0.2) is 24.4 Å². The molecule has 1 unspecified atom stereocenters. The number of H-pyrrole nitrogens is 1. The number of nitrogens with two attached hydrogens (primary N) is 1. The van der Waals surface area contributed by atoms with Crippen molar-refractivity contribution in [2.45, 2.75) is 39.5 Å². The van der Waals surface area contributed by atoms with Crippen molar-refractivity contribution in [1.29, 1.82) is 0 Å². The van der Waals surface area contributed by atoms with E-state index in [4.69, 9.17) is 5.73 Å². The number of hydrogen-bond donors (Lipinski definition) is 3. The average Bonchev–Trinajstić information content (AvgIpc) is 2.90. The number of fused-ring (bicyclic) bond motifs is 1. The van der Waals surface area contributed by atoms with Crippen LogP contribution in [0, 0.1) is 5.92 Å². The van der Waals surface area contributed by atoms with Crippen LogP contribution in [0.5, 0.6) is 0 Å². The molecule has 0 saturated heterocycles. The summed E-state index contributed by atoms with van der Waals surface area (Å²) in [6.45, 7) is 5.13. The summed E-state index contributed by atoms with van der Waals surface area (Å²) in [5.41, 5.74) is 8.04. The van der Waals surface area contributed by atoms with E-state index in [-0.39, 0.29) is 5.91 Å². The monoisotopic (exact) mass is 287 g/mol. The number of nitrogens with one attached hydrogen (secondary N) is 2. The van der Waals surface area contributed by atoms with Gasteiger partial charge in [-0.1, -0.05) is 33.1 Å². The van der Waals surface area contributed by atoms with Crippen LogP contribution < -0.4 is 11.1 Å². The normalized spacial score (nSPS) is 12.5. The molecule has 0 radical (unpaired) electrons. The van der Waals surface area contributed by atoms with Crippen molar-refractivity contribution in [1.82, 2.24) is 10.3 Å². The van der Waals surface area contributed by atoms with E-state index in [0.717, 1.165) is 23.9 Å². The van der Waals surface area contributed by atoms with Gasteiger partial charge in [0.2, 0.25) is 0 Å². The van der Waals surface area contributed by atoms with E-state index in [2.05, 4.69) is 24.1 Å². The minimum atomic E-state index is -0.0130. The predicted octanol–water partition coefficient (Wildman–Crippen LogP) is 3.70. The number of benzene rings is 1. The quantitative estimate of drug-likeness (QED) is 0.679. The lowest BCUT2D eigenvalue weighted by molar-refractivity contribution is 0.0947. The molecule has 0 spiro atoms. The molecule has 0 aliphatic heterocycles. The SMILES string of the molecule is CCCCC(CC)CNC(=O)c1c[nH]c2cc(N)ccc12. The molecule has 1 aromatic heterocycles. The predicted molar refractivity (Wildman–Crippen MR) is 88.4 cm³/mol. The molecule has 1 heterocycles. The third kappa shape index (κ3) is 3.78. The Bertz CT molecular complexity index is 603. The third-order valence-electron chi connectivity index (χ3n) is 4.05. The van der Waals surface area contributed by atoms with Crippen molar-refractivity contribution in [3.05, 3.63) is 30.0 Å². The molecule has 0 fully saturated rings. The average molecular weight is 287 g/mol. The molecular formula is C17H25N3O. The highest BCUT2D eigenvalue weighted by Crippen LogP contribution is 2.20. The van der Waals surface area contributed by atoms with Crippen LogP contribution in [0.3, 0.4) is 0 Å². The summed E-state index contributed by atoms with van der Waals surface area (Å²) in [6, 6.07) is 5.57. The van der Waals surface area contributed by atoms with Crippen molar-refractivity contribution >= 4 is 22.5 Å². The fourth-order valence-corrected chi connectivity index (χ4v) is 2.61. The molecule has 21 heavy (non-hydrogen) atoms. The van der Waals surface area contributed by atoms with Crippen LogP contribution in [0.25, 0.3) is 10.9 Å². The van der Waals surface area contributed by atoms with Gasteiger partial charge in [-0.25, -0.2) is 0 Å². The van der Waals surface area contributed by atoms with Gasteiger partial charge in [-0.05, 0) is 30.5 Å².